The molecule has 0 aliphatic carbocycles. The van der Waals surface area contributed by atoms with Crippen molar-refractivity contribution in [3.8, 4) is 11.1 Å². The maximum atomic E-state index is 13.8. The first kappa shape index (κ1) is 29.3. The molecule has 1 atom stereocenters. The second-order valence-electron chi connectivity index (χ2n) is 10.7. The highest BCUT2D eigenvalue weighted by molar-refractivity contribution is 6.31. The Balaban J connectivity index is 1.32. The lowest BCUT2D eigenvalue weighted by atomic mass is 9.99. The number of anilines is 2. The molecule has 1 unspecified atom stereocenters. The Morgan fingerprint density at radius 3 is 2.46 bits per heavy atom. The molecule has 5 rings (SSSR count). The van der Waals surface area contributed by atoms with Crippen LogP contribution in [0.1, 0.15) is 36.6 Å². The van der Waals surface area contributed by atoms with Gasteiger partial charge in [-0.15, -0.1) is 0 Å². The molecule has 2 fully saturated rings. The average Bonchev–Trinajstić information content (AvgIpc) is 3.38. The Kier molecular flexibility index (Phi) is 8.79. The standard InChI is InChI=1S/C30H35ClF3N5O2/c1-21-19-35-39(29(21)30(32,33)34)25-4-3-12-38(20-25)27-18-23(31)7-10-26(27)22-5-8-24(9-6-22)36-13-15-37(16-14-36)28(40)11-17-41-2/h5-10,18-19,25H,3-4,11-17,20H2,1-2H3. The van der Waals surface area contributed by atoms with Crippen LogP contribution in [0, 0.1) is 6.92 Å². The van der Waals surface area contributed by atoms with Gasteiger partial charge >= 0.3 is 6.18 Å². The Morgan fingerprint density at radius 2 is 1.78 bits per heavy atom. The first-order valence-corrected chi connectivity index (χ1v) is 14.3. The zero-order chi connectivity index (χ0) is 29.1. The van der Waals surface area contributed by atoms with Crippen LogP contribution in [0.5, 0.6) is 0 Å². The lowest BCUT2D eigenvalue weighted by molar-refractivity contribution is -0.145. The lowest BCUT2D eigenvalue weighted by Crippen LogP contribution is -2.49. The van der Waals surface area contributed by atoms with Gasteiger partial charge in [-0.2, -0.15) is 18.3 Å². The van der Waals surface area contributed by atoms with Gasteiger partial charge in [-0.1, -0.05) is 29.8 Å². The summed E-state index contributed by atoms with van der Waals surface area (Å²) in [5, 5.41) is 4.70. The molecule has 0 spiro atoms. The number of amides is 1. The molecule has 41 heavy (non-hydrogen) atoms. The zero-order valence-electron chi connectivity index (χ0n) is 23.3. The van der Waals surface area contributed by atoms with Gasteiger partial charge in [-0.25, -0.2) is 0 Å². The number of halogens is 4. The number of nitrogens with zero attached hydrogens (tertiary/aromatic N) is 5. The maximum Gasteiger partial charge on any atom is 0.433 e. The molecule has 7 nitrogen and oxygen atoms in total. The number of piperazine rings is 1. The number of rotatable bonds is 7. The normalized spacial score (nSPS) is 18.2. The Morgan fingerprint density at radius 1 is 1.05 bits per heavy atom. The highest BCUT2D eigenvalue weighted by atomic mass is 35.5. The van der Waals surface area contributed by atoms with Crippen molar-refractivity contribution in [1.82, 2.24) is 14.7 Å². The average molecular weight is 590 g/mol. The van der Waals surface area contributed by atoms with Crippen LogP contribution < -0.4 is 9.80 Å². The second kappa shape index (κ2) is 12.3. The SMILES string of the molecule is COCCC(=O)N1CCN(c2ccc(-c3ccc(Cl)cc3N3CCCC(n4ncc(C)c4C(F)(F)F)C3)cc2)CC1. The number of carbonyl (C=O) groups excluding carboxylic acids is 1. The van der Waals surface area contributed by atoms with E-state index in [1.807, 2.05) is 23.1 Å². The number of ether oxygens (including phenoxy) is 1. The molecule has 11 heteroatoms. The van der Waals surface area contributed by atoms with Gasteiger partial charge in [-0.3, -0.25) is 9.48 Å². The van der Waals surface area contributed by atoms with Crippen molar-refractivity contribution in [2.75, 3.05) is 62.8 Å². The van der Waals surface area contributed by atoms with Crippen molar-refractivity contribution in [2.24, 2.45) is 0 Å². The van der Waals surface area contributed by atoms with Crippen molar-refractivity contribution in [3.63, 3.8) is 0 Å². The predicted molar refractivity (Wildman–Crippen MR) is 155 cm³/mol. The topological polar surface area (TPSA) is 53.8 Å². The summed E-state index contributed by atoms with van der Waals surface area (Å²) in [6, 6.07) is 13.6. The van der Waals surface area contributed by atoms with Crippen LogP contribution in [0.4, 0.5) is 24.5 Å². The zero-order valence-corrected chi connectivity index (χ0v) is 24.1. The molecule has 3 aromatic rings. The van der Waals surface area contributed by atoms with Crippen LogP contribution in [0.15, 0.2) is 48.7 Å². The minimum absolute atomic E-state index is 0.120. The van der Waals surface area contributed by atoms with Gasteiger partial charge in [0.25, 0.3) is 0 Å². The van der Waals surface area contributed by atoms with Crippen molar-refractivity contribution in [3.05, 3.63) is 64.9 Å². The highest BCUT2D eigenvalue weighted by Gasteiger charge is 2.39. The monoisotopic (exact) mass is 589 g/mol. The van der Waals surface area contributed by atoms with E-state index < -0.39 is 17.9 Å². The number of aromatic nitrogens is 2. The molecule has 0 N–H and O–H groups in total. The summed E-state index contributed by atoms with van der Waals surface area (Å²) in [5.41, 5.74) is 3.42. The van der Waals surface area contributed by atoms with E-state index in [0.717, 1.165) is 53.2 Å². The fourth-order valence-corrected chi connectivity index (χ4v) is 6.04. The van der Waals surface area contributed by atoms with Crippen molar-refractivity contribution < 1.29 is 22.7 Å². The third-order valence-electron chi connectivity index (χ3n) is 7.99. The number of hydrogen-bond acceptors (Lipinski definition) is 5. The Bertz CT molecular complexity index is 1350. The molecule has 3 heterocycles. The molecular formula is C30H35ClF3N5O2. The quantitative estimate of drug-likeness (QED) is 0.335. The van der Waals surface area contributed by atoms with E-state index in [2.05, 4.69) is 39.2 Å². The molecule has 2 aromatic carbocycles. The molecule has 2 saturated heterocycles. The number of aryl methyl sites for hydroxylation is 1. The summed E-state index contributed by atoms with van der Waals surface area (Å²) in [4.78, 5) is 18.6. The maximum absolute atomic E-state index is 13.8. The summed E-state index contributed by atoms with van der Waals surface area (Å²) in [6.07, 6.45) is -1.40. The number of alkyl halides is 3. The van der Waals surface area contributed by atoms with Gasteiger partial charge in [0.15, 0.2) is 0 Å². The van der Waals surface area contributed by atoms with E-state index in [4.69, 9.17) is 16.3 Å². The summed E-state index contributed by atoms with van der Waals surface area (Å²) in [7, 11) is 1.60. The third kappa shape index (κ3) is 6.48. The summed E-state index contributed by atoms with van der Waals surface area (Å²) >= 11 is 6.42. The molecule has 220 valence electrons. The number of hydrogen-bond donors (Lipinski definition) is 0. The first-order chi connectivity index (χ1) is 19.7. The largest absolute Gasteiger partial charge is 0.433 e. The van der Waals surface area contributed by atoms with Crippen LogP contribution in [0.25, 0.3) is 11.1 Å². The molecule has 2 aliphatic heterocycles. The van der Waals surface area contributed by atoms with Gasteiger partial charge in [0.2, 0.25) is 5.91 Å². The van der Waals surface area contributed by atoms with Gasteiger partial charge in [0, 0.05) is 68.3 Å². The molecule has 0 saturated carbocycles. The first-order valence-electron chi connectivity index (χ1n) is 13.9. The fraction of sp³-hybridized carbons (Fsp3) is 0.467. The molecule has 1 aromatic heterocycles. The lowest BCUT2D eigenvalue weighted by Gasteiger charge is -2.37. The molecule has 0 radical (unpaired) electrons. The molecule has 2 aliphatic rings. The van der Waals surface area contributed by atoms with Crippen molar-refractivity contribution in [1.29, 1.82) is 0 Å². The molecule has 0 bridgehead atoms. The Hall–Kier alpha value is -3.24. The second-order valence-corrected chi connectivity index (χ2v) is 11.1. The fourth-order valence-electron chi connectivity index (χ4n) is 5.88. The van der Waals surface area contributed by atoms with Gasteiger partial charge in [-0.05, 0) is 55.2 Å². The predicted octanol–water partition coefficient (Wildman–Crippen LogP) is 6.06. The van der Waals surface area contributed by atoms with E-state index in [1.54, 1.807) is 7.11 Å². The summed E-state index contributed by atoms with van der Waals surface area (Å²) < 4.78 is 47.6. The van der Waals surface area contributed by atoms with Crippen LogP contribution >= 0.6 is 11.6 Å². The smallest absolute Gasteiger partial charge is 0.384 e. The van der Waals surface area contributed by atoms with Gasteiger partial charge in [0.05, 0.1) is 25.3 Å². The Labute approximate surface area is 243 Å². The number of benzene rings is 2. The van der Waals surface area contributed by atoms with Crippen LogP contribution in [0.2, 0.25) is 5.02 Å². The highest BCUT2D eigenvalue weighted by Crippen LogP contribution is 2.39. The molecular weight excluding hydrogens is 555 g/mol. The summed E-state index contributed by atoms with van der Waals surface area (Å²) in [5.74, 6) is 0.120. The third-order valence-corrected chi connectivity index (χ3v) is 8.22. The minimum Gasteiger partial charge on any atom is -0.384 e. The number of carbonyl (C=O) groups is 1. The number of methoxy groups -OCH3 is 1. The van der Waals surface area contributed by atoms with E-state index in [9.17, 15) is 18.0 Å². The van der Waals surface area contributed by atoms with Crippen LogP contribution in [0.3, 0.4) is 0 Å². The van der Waals surface area contributed by atoms with Crippen molar-refractivity contribution >= 4 is 28.9 Å². The van der Waals surface area contributed by atoms with Crippen molar-refractivity contribution in [2.45, 2.75) is 38.4 Å². The van der Waals surface area contributed by atoms with E-state index in [-0.39, 0.29) is 11.5 Å². The van der Waals surface area contributed by atoms with Gasteiger partial charge < -0.3 is 19.4 Å². The van der Waals surface area contributed by atoms with Crippen LogP contribution in [-0.2, 0) is 15.7 Å². The van der Waals surface area contributed by atoms with Crippen LogP contribution in [-0.4, -0.2) is 73.6 Å². The summed E-state index contributed by atoms with van der Waals surface area (Å²) in [6.45, 7) is 5.87. The van der Waals surface area contributed by atoms with E-state index in [1.165, 1.54) is 13.1 Å². The molecule has 1 amide bonds. The number of piperidine rings is 1. The minimum atomic E-state index is -4.46. The van der Waals surface area contributed by atoms with E-state index >= 15 is 0 Å². The van der Waals surface area contributed by atoms with E-state index in [0.29, 0.717) is 44.1 Å². The van der Waals surface area contributed by atoms with Gasteiger partial charge in [0.1, 0.15) is 5.69 Å².